The first kappa shape index (κ1) is 7.30. The Morgan fingerprint density at radius 2 is 2.60 bits per heavy atom. The Kier molecular flexibility index (Phi) is 2.47. The van der Waals surface area contributed by atoms with Gasteiger partial charge in [-0.1, -0.05) is 4.49 Å². The van der Waals surface area contributed by atoms with Crippen molar-refractivity contribution < 1.29 is 9.53 Å². The molecular weight excluding hydrogens is 152 g/mol. The van der Waals surface area contributed by atoms with E-state index < -0.39 is 0 Å². The molecule has 10 heavy (non-hydrogen) atoms. The van der Waals surface area contributed by atoms with Gasteiger partial charge in [-0.3, -0.25) is 4.79 Å². The normalized spacial score (nSPS) is 9.70. The zero-order chi connectivity index (χ0) is 7.40. The highest BCUT2D eigenvalue weighted by atomic mass is 32.1. The van der Waals surface area contributed by atoms with Crippen LogP contribution in [0.15, 0.2) is 0 Å². The van der Waals surface area contributed by atoms with Crippen molar-refractivity contribution in [1.29, 1.82) is 0 Å². The lowest BCUT2D eigenvalue weighted by Crippen LogP contribution is -1.91. The number of ether oxygens (including phenoxy) is 1. The van der Waals surface area contributed by atoms with Crippen LogP contribution in [0.3, 0.4) is 0 Å². The Morgan fingerprint density at radius 1 is 1.80 bits per heavy atom. The van der Waals surface area contributed by atoms with Crippen molar-refractivity contribution in [2.24, 2.45) is 0 Å². The molecule has 0 saturated carbocycles. The van der Waals surface area contributed by atoms with Crippen molar-refractivity contribution in [3.05, 3.63) is 10.6 Å². The molecule has 0 fully saturated rings. The topological polar surface area (TPSA) is 52.1 Å². The zero-order valence-corrected chi connectivity index (χ0v) is 6.22. The lowest BCUT2D eigenvalue weighted by Gasteiger charge is -1.90. The van der Waals surface area contributed by atoms with Crippen LogP contribution >= 0.6 is 11.5 Å². The van der Waals surface area contributed by atoms with E-state index in [4.69, 9.17) is 4.74 Å². The highest BCUT2D eigenvalue weighted by molar-refractivity contribution is 7.07. The molecule has 1 aromatic heterocycles. The van der Waals surface area contributed by atoms with Crippen LogP contribution in [-0.4, -0.2) is 23.0 Å². The van der Waals surface area contributed by atoms with Crippen LogP contribution in [0.4, 0.5) is 0 Å². The number of carbonyl (C=O) groups is 1. The number of aldehydes is 1. The predicted octanol–water partition coefficient (Wildman–Crippen LogP) is 0.497. The second-order valence-electron chi connectivity index (χ2n) is 1.63. The maximum absolute atomic E-state index is 10.2. The van der Waals surface area contributed by atoms with Gasteiger partial charge in [0.2, 0.25) is 0 Å². The number of carbonyl (C=O) groups excluding carboxylic acids is 1. The van der Waals surface area contributed by atoms with E-state index in [-0.39, 0.29) is 0 Å². The second kappa shape index (κ2) is 3.38. The molecule has 0 aliphatic carbocycles. The molecule has 0 unspecified atom stereocenters. The van der Waals surface area contributed by atoms with Gasteiger partial charge >= 0.3 is 0 Å². The van der Waals surface area contributed by atoms with Crippen LogP contribution in [0.2, 0.25) is 0 Å². The zero-order valence-electron chi connectivity index (χ0n) is 5.40. The summed E-state index contributed by atoms with van der Waals surface area (Å²) in [6, 6.07) is 0. The first-order valence-electron chi connectivity index (χ1n) is 2.64. The predicted molar refractivity (Wildman–Crippen MR) is 36.0 cm³/mol. The van der Waals surface area contributed by atoms with Crippen molar-refractivity contribution in [2.45, 2.75) is 6.61 Å². The standard InChI is InChI=1S/C5H6N2O2S/c1-9-3-4-5(2-8)10-7-6-4/h2H,3H2,1H3. The molecule has 0 aromatic carbocycles. The van der Waals surface area contributed by atoms with E-state index in [0.29, 0.717) is 17.2 Å². The Balaban J connectivity index is 2.79. The van der Waals surface area contributed by atoms with Gasteiger partial charge in [0.25, 0.3) is 0 Å². The number of methoxy groups -OCH3 is 1. The number of rotatable bonds is 3. The molecule has 4 nitrogen and oxygen atoms in total. The summed E-state index contributed by atoms with van der Waals surface area (Å²) in [6.45, 7) is 0.352. The van der Waals surface area contributed by atoms with E-state index in [2.05, 4.69) is 9.59 Å². The van der Waals surface area contributed by atoms with Gasteiger partial charge in [-0.05, 0) is 11.5 Å². The minimum atomic E-state index is 0.352. The van der Waals surface area contributed by atoms with Gasteiger partial charge in [0.15, 0.2) is 6.29 Å². The quantitative estimate of drug-likeness (QED) is 0.601. The minimum Gasteiger partial charge on any atom is -0.378 e. The highest BCUT2D eigenvalue weighted by Gasteiger charge is 2.04. The lowest BCUT2D eigenvalue weighted by atomic mass is 10.4. The molecular formula is C5H6N2O2S. The summed E-state index contributed by atoms with van der Waals surface area (Å²) in [5.74, 6) is 0. The summed E-state index contributed by atoms with van der Waals surface area (Å²) in [6.07, 6.45) is 0.735. The second-order valence-corrected chi connectivity index (χ2v) is 2.42. The molecule has 0 aliphatic rings. The molecule has 0 atom stereocenters. The fourth-order valence-corrected chi connectivity index (χ4v) is 1.02. The smallest absolute Gasteiger partial charge is 0.163 e. The minimum absolute atomic E-state index is 0.352. The molecule has 0 bridgehead atoms. The maximum Gasteiger partial charge on any atom is 0.163 e. The van der Waals surface area contributed by atoms with Crippen LogP contribution in [0, 0.1) is 0 Å². The number of aromatic nitrogens is 2. The maximum atomic E-state index is 10.2. The summed E-state index contributed by atoms with van der Waals surface area (Å²) in [7, 11) is 1.55. The summed E-state index contributed by atoms with van der Waals surface area (Å²) in [5, 5.41) is 3.69. The molecule has 0 spiro atoms. The van der Waals surface area contributed by atoms with Crippen LogP contribution in [0.1, 0.15) is 15.4 Å². The fraction of sp³-hybridized carbons (Fsp3) is 0.400. The summed E-state index contributed by atoms with van der Waals surface area (Å²) in [5.41, 5.74) is 0.613. The third-order valence-electron chi connectivity index (χ3n) is 0.973. The Bertz CT molecular complexity index is 223. The van der Waals surface area contributed by atoms with Crippen LogP contribution in [0.25, 0.3) is 0 Å². The molecule has 1 rings (SSSR count). The average Bonchev–Trinajstić information content (AvgIpc) is 2.36. The number of nitrogens with zero attached hydrogens (tertiary/aromatic N) is 2. The molecule has 1 aromatic rings. The largest absolute Gasteiger partial charge is 0.378 e. The first-order valence-corrected chi connectivity index (χ1v) is 3.41. The van der Waals surface area contributed by atoms with Crippen LogP contribution in [0.5, 0.6) is 0 Å². The van der Waals surface area contributed by atoms with Gasteiger partial charge in [-0.15, -0.1) is 5.10 Å². The van der Waals surface area contributed by atoms with E-state index >= 15 is 0 Å². The van der Waals surface area contributed by atoms with Crippen LogP contribution in [-0.2, 0) is 11.3 Å². The monoisotopic (exact) mass is 158 g/mol. The van der Waals surface area contributed by atoms with Gasteiger partial charge in [0.1, 0.15) is 10.6 Å². The molecule has 5 heteroatoms. The Morgan fingerprint density at radius 3 is 3.20 bits per heavy atom. The van der Waals surface area contributed by atoms with E-state index in [1.54, 1.807) is 7.11 Å². The molecule has 0 aliphatic heterocycles. The molecule has 1 heterocycles. The summed E-state index contributed by atoms with van der Waals surface area (Å²) in [4.78, 5) is 10.8. The molecule has 0 amide bonds. The third kappa shape index (κ3) is 1.37. The number of hydrogen-bond donors (Lipinski definition) is 0. The van der Waals surface area contributed by atoms with Crippen molar-refractivity contribution in [3.63, 3.8) is 0 Å². The Labute approximate surface area is 62.0 Å². The van der Waals surface area contributed by atoms with Gasteiger partial charge in [-0.25, -0.2) is 0 Å². The highest BCUT2D eigenvalue weighted by Crippen LogP contribution is 2.07. The van der Waals surface area contributed by atoms with Gasteiger partial charge in [0.05, 0.1) is 6.61 Å². The Hall–Kier alpha value is -0.810. The SMILES string of the molecule is COCc1nnsc1C=O. The van der Waals surface area contributed by atoms with Crippen LogP contribution < -0.4 is 0 Å². The van der Waals surface area contributed by atoms with E-state index in [0.717, 1.165) is 17.8 Å². The van der Waals surface area contributed by atoms with Crippen molar-refractivity contribution >= 4 is 17.8 Å². The summed E-state index contributed by atoms with van der Waals surface area (Å²) >= 11 is 1.08. The third-order valence-corrected chi connectivity index (χ3v) is 1.67. The van der Waals surface area contributed by atoms with Crippen molar-refractivity contribution in [3.8, 4) is 0 Å². The summed E-state index contributed by atoms with van der Waals surface area (Å²) < 4.78 is 8.37. The van der Waals surface area contributed by atoms with Gasteiger partial charge in [-0.2, -0.15) is 0 Å². The van der Waals surface area contributed by atoms with E-state index in [1.165, 1.54) is 0 Å². The van der Waals surface area contributed by atoms with Gasteiger partial charge in [0, 0.05) is 7.11 Å². The molecule has 0 N–H and O–H groups in total. The van der Waals surface area contributed by atoms with E-state index in [1.807, 2.05) is 0 Å². The van der Waals surface area contributed by atoms with Crippen molar-refractivity contribution in [1.82, 2.24) is 9.59 Å². The van der Waals surface area contributed by atoms with E-state index in [9.17, 15) is 4.79 Å². The lowest BCUT2D eigenvalue weighted by molar-refractivity contribution is 0.112. The molecule has 54 valence electrons. The first-order chi connectivity index (χ1) is 4.88. The average molecular weight is 158 g/mol. The van der Waals surface area contributed by atoms with Crippen molar-refractivity contribution in [2.75, 3.05) is 7.11 Å². The number of hydrogen-bond acceptors (Lipinski definition) is 5. The van der Waals surface area contributed by atoms with Gasteiger partial charge < -0.3 is 4.74 Å². The fourth-order valence-electron chi connectivity index (χ4n) is 0.542. The molecule has 0 saturated heterocycles. The molecule has 0 radical (unpaired) electrons.